The van der Waals surface area contributed by atoms with Crippen LogP contribution in [0.1, 0.15) is 24.6 Å². The fourth-order valence-corrected chi connectivity index (χ4v) is 4.39. The predicted molar refractivity (Wildman–Crippen MR) is 133 cm³/mol. The summed E-state index contributed by atoms with van der Waals surface area (Å²) in [5.41, 5.74) is 1.43. The smallest absolute Gasteiger partial charge is 0.409 e. The number of pyridine rings is 1. The molecule has 1 aromatic carbocycles. The molecule has 2 unspecified atom stereocenters. The van der Waals surface area contributed by atoms with E-state index in [9.17, 15) is 14.4 Å². The molecule has 2 N–H and O–H groups in total. The number of amides is 2. The second kappa shape index (κ2) is 11.1. The van der Waals surface area contributed by atoms with E-state index in [1.54, 1.807) is 16.7 Å². The summed E-state index contributed by atoms with van der Waals surface area (Å²) in [4.78, 5) is 41.2. The predicted octanol–water partition coefficient (Wildman–Crippen LogP) is 3.65. The van der Waals surface area contributed by atoms with Gasteiger partial charge in [0.25, 0.3) is 0 Å². The lowest BCUT2D eigenvalue weighted by molar-refractivity contribution is -0.142. The number of methoxy groups -OCH3 is 1. The van der Waals surface area contributed by atoms with Gasteiger partial charge in [0.05, 0.1) is 49.2 Å². The molecule has 202 valence electrons. The quantitative estimate of drug-likeness (QED) is 0.478. The number of carboxylic acid groups (broad SMARTS) is 1. The highest BCUT2D eigenvalue weighted by Gasteiger charge is 2.29. The number of halogens is 2. The third kappa shape index (κ3) is 5.75. The van der Waals surface area contributed by atoms with Gasteiger partial charge in [-0.05, 0) is 36.8 Å². The van der Waals surface area contributed by atoms with Crippen LogP contribution in [0, 0.1) is 24.5 Å². The molecule has 3 heterocycles. The highest BCUT2D eigenvalue weighted by Crippen LogP contribution is 2.33. The molecule has 2 amide bonds. The van der Waals surface area contributed by atoms with Gasteiger partial charge in [0.2, 0.25) is 5.91 Å². The van der Waals surface area contributed by atoms with Crippen molar-refractivity contribution in [2.75, 3.05) is 32.1 Å². The van der Waals surface area contributed by atoms with E-state index in [-0.39, 0.29) is 42.9 Å². The van der Waals surface area contributed by atoms with Crippen LogP contribution in [-0.2, 0) is 25.5 Å². The number of anilines is 1. The largest absolute Gasteiger partial charge is 0.481 e. The van der Waals surface area contributed by atoms with Crippen LogP contribution < -0.4 is 5.32 Å². The van der Waals surface area contributed by atoms with Crippen LogP contribution in [0.25, 0.3) is 16.9 Å². The minimum absolute atomic E-state index is 0.0711. The highest BCUT2D eigenvalue weighted by atomic mass is 19.1. The van der Waals surface area contributed by atoms with Gasteiger partial charge in [-0.2, -0.15) is 0 Å². The summed E-state index contributed by atoms with van der Waals surface area (Å²) in [6, 6.07) is 5.56. The zero-order valence-corrected chi connectivity index (χ0v) is 21.2. The number of imidazole rings is 1. The zero-order valence-electron chi connectivity index (χ0n) is 21.2. The van der Waals surface area contributed by atoms with E-state index in [0.717, 1.165) is 17.7 Å². The summed E-state index contributed by atoms with van der Waals surface area (Å²) >= 11 is 0. The molecule has 0 radical (unpaired) electrons. The Morgan fingerprint density at radius 1 is 1.26 bits per heavy atom. The van der Waals surface area contributed by atoms with Crippen molar-refractivity contribution in [3.8, 4) is 11.3 Å². The van der Waals surface area contributed by atoms with E-state index in [2.05, 4.69) is 10.3 Å². The van der Waals surface area contributed by atoms with Crippen LogP contribution in [-0.4, -0.2) is 70.3 Å². The normalized spacial score (nSPS) is 16.3. The van der Waals surface area contributed by atoms with Crippen molar-refractivity contribution in [2.45, 2.75) is 32.8 Å². The van der Waals surface area contributed by atoms with Crippen molar-refractivity contribution in [3.63, 3.8) is 0 Å². The summed E-state index contributed by atoms with van der Waals surface area (Å²) in [5.74, 6) is -4.69. The molecule has 1 saturated heterocycles. The minimum atomic E-state index is -1.15. The highest BCUT2D eigenvalue weighted by molar-refractivity contribution is 5.93. The van der Waals surface area contributed by atoms with Crippen LogP contribution in [0.2, 0.25) is 0 Å². The monoisotopic (exact) mass is 530 g/mol. The molecule has 1 fully saturated rings. The Labute approximate surface area is 217 Å². The van der Waals surface area contributed by atoms with Gasteiger partial charge in [-0.1, -0.05) is 6.92 Å². The second-order valence-corrected chi connectivity index (χ2v) is 9.26. The fourth-order valence-electron chi connectivity index (χ4n) is 4.39. The number of ether oxygens (including phenoxy) is 2. The number of hydrogen-bond acceptors (Lipinski definition) is 6. The number of nitrogens with one attached hydrogen (secondary N) is 1. The molecular weight excluding hydrogens is 502 g/mol. The maximum Gasteiger partial charge on any atom is 0.409 e. The Morgan fingerprint density at radius 3 is 2.63 bits per heavy atom. The standard InChI is InChI=1S/C26H28F2N4O6/c1-14-4-5-32-20(12-17-13-31(6-7-38-17)26(36)37-3)24(30-21(32)8-14)23-18(27)10-16(11-19(23)28)29-22(33)9-15(2)25(34)35/h4-5,8,10-11,15,17H,6-7,9,12-13H2,1-3H3,(H,29,33)(H,34,35). The molecule has 0 bridgehead atoms. The van der Waals surface area contributed by atoms with E-state index in [0.29, 0.717) is 17.9 Å². The first-order valence-electron chi connectivity index (χ1n) is 12.0. The summed E-state index contributed by atoms with van der Waals surface area (Å²) in [6.07, 6.45) is 0.659. The van der Waals surface area contributed by atoms with Crippen molar-refractivity contribution in [1.82, 2.24) is 14.3 Å². The maximum atomic E-state index is 15.4. The van der Waals surface area contributed by atoms with Crippen LogP contribution in [0.15, 0.2) is 30.5 Å². The Kier molecular flexibility index (Phi) is 7.91. The van der Waals surface area contributed by atoms with Gasteiger partial charge < -0.3 is 29.2 Å². The van der Waals surface area contributed by atoms with Gasteiger partial charge in [0.1, 0.15) is 17.3 Å². The fraction of sp³-hybridized carbons (Fsp3) is 0.385. The molecule has 10 nitrogen and oxygen atoms in total. The third-order valence-corrected chi connectivity index (χ3v) is 6.35. The first-order chi connectivity index (χ1) is 18.1. The lowest BCUT2D eigenvalue weighted by Gasteiger charge is -2.32. The number of hydrogen-bond donors (Lipinski definition) is 2. The lowest BCUT2D eigenvalue weighted by atomic mass is 10.0. The molecule has 0 saturated carbocycles. The SMILES string of the molecule is COC(=O)N1CCOC(Cc2c(-c3c(F)cc(NC(=O)CC(C)C(=O)O)cc3F)nc3cc(C)ccn23)C1. The van der Waals surface area contributed by atoms with E-state index >= 15 is 8.78 Å². The Balaban J connectivity index is 1.68. The average molecular weight is 531 g/mol. The third-order valence-electron chi connectivity index (χ3n) is 6.35. The average Bonchev–Trinajstić information content (AvgIpc) is 3.19. The molecule has 12 heteroatoms. The lowest BCUT2D eigenvalue weighted by Crippen LogP contribution is -2.46. The summed E-state index contributed by atoms with van der Waals surface area (Å²) < 4.78 is 43.1. The van der Waals surface area contributed by atoms with Crippen molar-refractivity contribution in [3.05, 3.63) is 53.4 Å². The van der Waals surface area contributed by atoms with E-state index in [1.165, 1.54) is 18.9 Å². The van der Waals surface area contributed by atoms with Gasteiger partial charge in [-0.3, -0.25) is 9.59 Å². The molecule has 0 spiro atoms. The van der Waals surface area contributed by atoms with E-state index in [4.69, 9.17) is 14.6 Å². The number of carbonyl (C=O) groups excluding carboxylic acids is 2. The Bertz CT molecular complexity index is 1370. The molecule has 38 heavy (non-hydrogen) atoms. The molecular formula is C26H28F2N4O6. The number of morpholine rings is 1. The number of carbonyl (C=O) groups is 3. The molecule has 1 aliphatic rings. The molecule has 2 atom stereocenters. The number of aryl methyl sites for hydroxylation is 1. The summed E-state index contributed by atoms with van der Waals surface area (Å²) in [5, 5.41) is 11.3. The number of fused-ring (bicyclic) bond motifs is 1. The second-order valence-electron chi connectivity index (χ2n) is 9.26. The maximum absolute atomic E-state index is 15.4. The van der Waals surface area contributed by atoms with Crippen LogP contribution in [0.4, 0.5) is 19.3 Å². The Morgan fingerprint density at radius 2 is 1.97 bits per heavy atom. The first kappa shape index (κ1) is 27.0. The number of benzene rings is 1. The first-order valence-corrected chi connectivity index (χ1v) is 12.0. The van der Waals surface area contributed by atoms with E-state index in [1.807, 2.05) is 13.0 Å². The van der Waals surface area contributed by atoms with Crippen molar-refractivity contribution in [1.29, 1.82) is 0 Å². The number of rotatable bonds is 7. The number of aromatic nitrogens is 2. The van der Waals surface area contributed by atoms with E-state index < -0.39 is 41.6 Å². The van der Waals surface area contributed by atoms with Gasteiger partial charge in [-0.25, -0.2) is 18.6 Å². The topological polar surface area (TPSA) is 122 Å². The van der Waals surface area contributed by atoms with Gasteiger partial charge in [-0.15, -0.1) is 0 Å². The number of aliphatic carboxylic acids is 1. The van der Waals surface area contributed by atoms with Gasteiger partial charge in [0.15, 0.2) is 0 Å². The van der Waals surface area contributed by atoms with Crippen LogP contribution >= 0.6 is 0 Å². The molecule has 1 aliphatic heterocycles. The molecule has 3 aromatic rings. The molecule has 4 rings (SSSR count). The van der Waals surface area contributed by atoms with Crippen molar-refractivity contribution in [2.24, 2.45) is 5.92 Å². The van der Waals surface area contributed by atoms with Crippen LogP contribution in [0.5, 0.6) is 0 Å². The van der Waals surface area contributed by atoms with Crippen molar-refractivity contribution < 1.29 is 37.7 Å². The summed E-state index contributed by atoms with van der Waals surface area (Å²) in [6.45, 7) is 4.11. The molecule has 2 aromatic heterocycles. The van der Waals surface area contributed by atoms with Crippen molar-refractivity contribution >= 4 is 29.3 Å². The number of nitrogens with zero attached hydrogens (tertiary/aromatic N) is 3. The van der Waals surface area contributed by atoms with Gasteiger partial charge in [0, 0.05) is 31.3 Å². The summed E-state index contributed by atoms with van der Waals surface area (Å²) in [7, 11) is 1.29. The number of carboxylic acids is 1. The zero-order chi connectivity index (χ0) is 27.6. The van der Waals surface area contributed by atoms with Crippen LogP contribution in [0.3, 0.4) is 0 Å². The van der Waals surface area contributed by atoms with Gasteiger partial charge >= 0.3 is 12.1 Å². The Hall–Kier alpha value is -4.06. The molecule has 0 aliphatic carbocycles. The minimum Gasteiger partial charge on any atom is -0.481 e.